The maximum atomic E-state index is 5.99. The Morgan fingerprint density at radius 2 is 2.13 bits per heavy atom. The SMILES string of the molecule is COc1ccc(N(C)C2CCC2)c(N)c1. The van der Waals surface area contributed by atoms with Crippen LogP contribution in [0, 0.1) is 0 Å². The van der Waals surface area contributed by atoms with Crippen molar-refractivity contribution in [1.29, 1.82) is 0 Å². The molecule has 2 rings (SSSR count). The van der Waals surface area contributed by atoms with Gasteiger partial charge in [-0.15, -0.1) is 0 Å². The Hall–Kier alpha value is -1.38. The lowest BCUT2D eigenvalue weighted by Gasteiger charge is -2.37. The molecule has 0 aliphatic heterocycles. The van der Waals surface area contributed by atoms with E-state index in [-0.39, 0.29) is 0 Å². The molecule has 0 atom stereocenters. The summed E-state index contributed by atoms with van der Waals surface area (Å²) in [7, 11) is 3.77. The van der Waals surface area contributed by atoms with Crippen molar-refractivity contribution >= 4 is 11.4 Å². The van der Waals surface area contributed by atoms with Crippen molar-refractivity contribution in [3.8, 4) is 5.75 Å². The van der Waals surface area contributed by atoms with Crippen LogP contribution in [0.4, 0.5) is 11.4 Å². The van der Waals surface area contributed by atoms with E-state index in [2.05, 4.69) is 11.9 Å². The molecule has 0 amide bonds. The van der Waals surface area contributed by atoms with Crippen molar-refractivity contribution in [2.45, 2.75) is 25.3 Å². The van der Waals surface area contributed by atoms with E-state index in [9.17, 15) is 0 Å². The summed E-state index contributed by atoms with van der Waals surface area (Å²) in [5, 5.41) is 0. The molecule has 1 aliphatic carbocycles. The summed E-state index contributed by atoms with van der Waals surface area (Å²) in [5.74, 6) is 0.818. The van der Waals surface area contributed by atoms with Gasteiger partial charge in [0.1, 0.15) is 5.75 Å². The highest BCUT2D eigenvalue weighted by Crippen LogP contribution is 2.33. The van der Waals surface area contributed by atoms with Crippen molar-refractivity contribution < 1.29 is 4.74 Å². The van der Waals surface area contributed by atoms with Crippen LogP contribution in [0.25, 0.3) is 0 Å². The van der Waals surface area contributed by atoms with Gasteiger partial charge in [0.15, 0.2) is 0 Å². The van der Waals surface area contributed by atoms with Gasteiger partial charge < -0.3 is 15.4 Å². The first kappa shape index (κ1) is 10.1. The second-order valence-corrected chi connectivity index (χ2v) is 4.12. The lowest BCUT2D eigenvalue weighted by Crippen LogP contribution is -2.37. The first-order valence-electron chi connectivity index (χ1n) is 5.38. The lowest BCUT2D eigenvalue weighted by atomic mass is 9.91. The molecule has 3 nitrogen and oxygen atoms in total. The molecule has 0 radical (unpaired) electrons. The molecule has 0 spiro atoms. The van der Waals surface area contributed by atoms with Gasteiger partial charge in [0.2, 0.25) is 0 Å². The Kier molecular flexibility index (Phi) is 2.71. The quantitative estimate of drug-likeness (QED) is 0.771. The molecule has 1 fully saturated rings. The number of hydrogen-bond donors (Lipinski definition) is 1. The van der Waals surface area contributed by atoms with E-state index in [1.54, 1.807) is 7.11 Å². The molecule has 82 valence electrons. The van der Waals surface area contributed by atoms with Gasteiger partial charge in [-0.3, -0.25) is 0 Å². The van der Waals surface area contributed by atoms with E-state index in [1.165, 1.54) is 19.3 Å². The van der Waals surface area contributed by atoms with Crippen molar-refractivity contribution in [3.05, 3.63) is 18.2 Å². The maximum Gasteiger partial charge on any atom is 0.121 e. The van der Waals surface area contributed by atoms with Gasteiger partial charge in [-0.05, 0) is 31.4 Å². The number of ether oxygens (including phenoxy) is 1. The lowest BCUT2D eigenvalue weighted by molar-refractivity contribution is 0.400. The fourth-order valence-corrected chi connectivity index (χ4v) is 1.95. The number of benzene rings is 1. The van der Waals surface area contributed by atoms with Gasteiger partial charge in [-0.25, -0.2) is 0 Å². The van der Waals surface area contributed by atoms with Crippen molar-refractivity contribution in [2.75, 3.05) is 24.8 Å². The number of nitrogen functional groups attached to an aromatic ring is 1. The van der Waals surface area contributed by atoms with E-state index < -0.39 is 0 Å². The Labute approximate surface area is 90.8 Å². The molecule has 2 N–H and O–H groups in total. The third-order valence-electron chi connectivity index (χ3n) is 3.24. The second kappa shape index (κ2) is 4.01. The zero-order valence-corrected chi connectivity index (χ0v) is 9.36. The first-order valence-corrected chi connectivity index (χ1v) is 5.38. The topological polar surface area (TPSA) is 38.5 Å². The molecule has 0 saturated heterocycles. The number of anilines is 2. The molecule has 0 heterocycles. The summed E-state index contributed by atoms with van der Waals surface area (Å²) in [4.78, 5) is 2.28. The van der Waals surface area contributed by atoms with E-state index >= 15 is 0 Å². The average molecular weight is 206 g/mol. The van der Waals surface area contributed by atoms with Gasteiger partial charge in [-0.2, -0.15) is 0 Å². The van der Waals surface area contributed by atoms with Crippen molar-refractivity contribution in [1.82, 2.24) is 0 Å². The summed E-state index contributed by atoms with van der Waals surface area (Å²) in [6, 6.07) is 6.54. The molecule has 1 aromatic rings. The van der Waals surface area contributed by atoms with Crippen LogP contribution in [-0.2, 0) is 0 Å². The van der Waals surface area contributed by atoms with E-state index in [4.69, 9.17) is 10.5 Å². The van der Waals surface area contributed by atoms with Crippen LogP contribution in [0.1, 0.15) is 19.3 Å². The Balaban J connectivity index is 2.19. The number of hydrogen-bond acceptors (Lipinski definition) is 3. The van der Waals surface area contributed by atoms with Gasteiger partial charge in [0.25, 0.3) is 0 Å². The number of nitrogens with zero attached hydrogens (tertiary/aromatic N) is 1. The molecule has 3 heteroatoms. The fourth-order valence-electron chi connectivity index (χ4n) is 1.95. The molecule has 1 saturated carbocycles. The second-order valence-electron chi connectivity index (χ2n) is 4.12. The normalized spacial score (nSPS) is 15.9. The highest BCUT2D eigenvalue weighted by atomic mass is 16.5. The third kappa shape index (κ3) is 1.87. The summed E-state index contributed by atoms with van der Waals surface area (Å²) < 4.78 is 5.13. The van der Waals surface area contributed by atoms with Crippen LogP contribution in [0.5, 0.6) is 5.75 Å². The van der Waals surface area contributed by atoms with Gasteiger partial charge in [0.05, 0.1) is 18.5 Å². The molecule has 1 aromatic carbocycles. The van der Waals surface area contributed by atoms with E-state index in [0.717, 1.165) is 17.1 Å². The minimum atomic E-state index is 0.667. The Morgan fingerprint density at radius 3 is 2.60 bits per heavy atom. The molecule has 0 bridgehead atoms. The summed E-state index contributed by atoms with van der Waals surface area (Å²) in [6.45, 7) is 0. The van der Waals surface area contributed by atoms with Crippen molar-refractivity contribution in [2.24, 2.45) is 0 Å². The fraction of sp³-hybridized carbons (Fsp3) is 0.500. The van der Waals surface area contributed by atoms with Crippen LogP contribution >= 0.6 is 0 Å². The summed E-state index contributed by atoms with van der Waals surface area (Å²) in [5.41, 5.74) is 7.90. The minimum absolute atomic E-state index is 0.667. The van der Waals surface area contributed by atoms with E-state index in [1.807, 2.05) is 18.2 Å². The standard InChI is InChI=1S/C12H18N2O/c1-14(9-4-3-5-9)12-7-6-10(15-2)8-11(12)13/h6-9H,3-5,13H2,1-2H3. The number of methoxy groups -OCH3 is 1. The molecular weight excluding hydrogens is 188 g/mol. The van der Waals surface area contributed by atoms with Crippen molar-refractivity contribution in [3.63, 3.8) is 0 Å². The van der Waals surface area contributed by atoms with Gasteiger partial charge in [0, 0.05) is 19.2 Å². The zero-order valence-electron chi connectivity index (χ0n) is 9.36. The largest absolute Gasteiger partial charge is 0.497 e. The van der Waals surface area contributed by atoms with Gasteiger partial charge >= 0.3 is 0 Å². The zero-order chi connectivity index (χ0) is 10.8. The molecule has 0 aromatic heterocycles. The molecule has 0 unspecified atom stereocenters. The minimum Gasteiger partial charge on any atom is -0.497 e. The van der Waals surface area contributed by atoms with E-state index in [0.29, 0.717) is 6.04 Å². The van der Waals surface area contributed by atoms with Gasteiger partial charge in [-0.1, -0.05) is 0 Å². The average Bonchev–Trinajstić information content (AvgIpc) is 2.14. The van der Waals surface area contributed by atoms with Crippen LogP contribution < -0.4 is 15.4 Å². The predicted molar refractivity (Wildman–Crippen MR) is 63.4 cm³/mol. The number of nitrogens with two attached hydrogens (primary N) is 1. The maximum absolute atomic E-state index is 5.99. The predicted octanol–water partition coefficient (Wildman–Crippen LogP) is 2.27. The molecular formula is C12H18N2O. The third-order valence-corrected chi connectivity index (χ3v) is 3.24. The monoisotopic (exact) mass is 206 g/mol. The Morgan fingerprint density at radius 1 is 1.40 bits per heavy atom. The molecule has 15 heavy (non-hydrogen) atoms. The molecule has 1 aliphatic rings. The van der Waals surface area contributed by atoms with Crippen LogP contribution in [0.15, 0.2) is 18.2 Å². The summed E-state index contributed by atoms with van der Waals surface area (Å²) >= 11 is 0. The highest BCUT2D eigenvalue weighted by Gasteiger charge is 2.23. The Bertz CT molecular complexity index is 347. The van der Waals surface area contributed by atoms with Crippen LogP contribution in [0.2, 0.25) is 0 Å². The first-order chi connectivity index (χ1) is 7.22. The summed E-state index contributed by atoms with van der Waals surface area (Å²) in [6.07, 6.45) is 3.90. The number of rotatable bonds is 3. The van der Waals surface area contributed by atoms with Crippen LogP contribution in [0.3, 0.4) is 0 Å². The highest BCUT2D eigenvalue weighted by molar-refractivity contribution is 5.69. The smallest absolute Gasteiger partial charge is 0.121 e. The van der Waals surface area contributed by atoms with Crippen LogP contribution in [-0.4, -0.2) is 20.2 Å².